The van der Waals surface area contributed by atoms with Crippen molar-refractivity contribution >= 4 is 21.7 Å². The van der Waals surface area contributed by atoms with Crippen molar-refractivity contribution in [1.82, 2.24) is 9.97 Å². The molecule has 0 atom stereocenters. The van der Waals surface area contributed by atoms with Gasteiger partial charge in [0.05, 0.1) is 5.52 Å². The fourth-order valence-corrected chi connectivity index (χ4v) is 2.53. The van der Waals surface area contributed by atoms with Gasteiger partial charge in [0.15, 0.2) is 0 Å². The Kier molecular flexibility index (Phi) is 2.11. The zero-order valence-corrected chi connectivity index (χ0v) is 10.3. The van der Waals surface area contributed by atoms with Gasteiger partial charge in [0.2, 0.25) is 0 Å². The Morgan fingerprint density at radius 2 is 1.53 bits per heavy atom. The SMILES string of the molecule is Cc1c(C)c2c(C)ncnc2c2ccccc12. The largest absolute Gasteiger partial charge is 0.241 e. The lowest BCUT2D eigenvalue weighted by Crippen LogP contribution is -1.94. The minimum atomic E-state index is 1.06. The van der Waals surface area contributed by atoms with Crippen LogP contribution in [0.15, 0.2) is 30.6 Å². The Labute approximate surface area is 100 Å². The summed E-state index contributed by atoms with van der Waals surface area (Å²) in [5.41, 5.74) is 4.74. The number of benzene rings is 2. The second-order valence-corrected chi connectivity index (χ2v) is 4.48. The predicted molar refractivity (Wildman–Crippen MR) is 71.3 cm³/mol. The van der Waals surface area contributed by atoms with Crippen LogP contribution in [0.4, 0.5) is 0 Å². The van der Waals surface area contributed by atoms with Gasteiger partial charge < -0.3 is 0 Å². The van der Waals surface area contributed by atoms with Crippen molar-refractivity contribution in [2.24, 2.45) is 0 Å². The van der Waals surface area contributed by atoms with E-state index in [9.17, 15) is 0 Å². The molecule has 0 aliphatic heterocycles. The van der Waals surface area contributed by atoms with Gasteiger partial charge >= 0.3 is 0 Å². The summed E-state index contributed by atoms with van der Waals surface area (Å²) < 4.78 is 0. The molecule has 0 amide bonds. The van der Waals surface area contributed by atoms with Crippen molar-refractivity contribution in [3.8, 4) is 0 Å². The van der Waals surface area contributed by atoms with E-state index in [4.69, 9.17) is 0 Å². The van der Waals surface area contributed by atoms with E-state index >= 15 is 0 Å². The van der Waals surface area contributed by atoms with Crippen LogP contribution in [0.3, 0.4) is 0 Å². The smallest absolute Gasteiger partial charge is 0.116 e. The molecule has 1 heterocycles. The monoisotopic (exact) mass is 222 g/mol. The zero-order chi connectivity index (χ0) is 12.0. The molecule has 2 heteroatoms. The maximum Gasteiger partial charge on any atom is 0.116 e. The Balaban J connectivity index is 2.70. The molecule has 3 aromatic rings. The van der Waals surface area contributed by atoms with Crippen LogP contribution in [0, 0.1) is 20.8 Å². The topological polar surface area (TPSA) is 25.8 Å². The molecule has 1 aromatic heterocycles. The molecular weight excluding hydrogens is 208 g/mol. The number of rotatable bonds is 0. The van der Waals surface area contributed by atoms with Gasteiger partial charge in [0, 0.05) is 16.5 Å². The van der Waals surface area contributed by atoms with Gasteiger partial charge in [-0.2, -0.15) is 0 Å². The summed E-state index contributed by atoms with van der Waals surface area (Å²) in [6.45, 7) is 6.37. The van der Waals surface area contributed by atoms with Crippen LogP contribution >= 0.6 is 0 Å². The molecule has 84 valence electrons. The van der Waals surface area contributed by atoms with Gasteiger partial charge in [-0.05, 0) is 37.3 Å². The average Bonchev–Trinajstić information content (AvgIpc) is 2.36. The van der Waals surface area contributed by atoms with E-state index in [1.807, 2.05) is 6.92 Å². The number of hydrogen-bond acceptors (Lipinski definition) is 2. The molecule has 0 saturated heterocycles. The van der Waals surface area contributed by atoms with Gasteiger partial charge in [-0.25, -0.2) is 9.97 Å². The first kappa shape index (κ1) is 10.2. The number of fused-ring (bicyclic) bond motifs is 3. The van der Waals surface area contributed by atoms with Crippen LogP contribution in [0.1, 0.15) is 16.8 Å². The van der Waals surface area contributed by atoms with Gasteiger partial charge in [-0.15, -0.1) is 0 Å². The van der Waals surface area contributed by atoms with Gasteiger partial charge in [-0.1, -0.05) is 24.3 Å². The van der Waals surface area contributed by atoms with Crippen molar-refractivity contribution in [2.75, 3.05) is 0 Å². The Bertz CT molecular complexity index is 730. The molecule has 0 fully saturated rings. The summed E-state index contributed by atoms with van der Waals surface area (Å²) in [4.78, 5) is 8.77. The lowest BCUT2D eigenvalue weighted by molar-refractivity contribution is 1.15. The lowest BCUT2D eigenvalue weighted by Gasteiger charge is -2.12. The third kappa shape index (κ3) is 1.34. The molecule has 0 saturated carbocycles. The van der Waals surface area contributed by atoms with E-state index in [0.717, 1.165) is 11.2 Å². The lowest BCUT2D eigenvalue weighted by atomic mass is 9.95. The van der Waals surface area contributed by atoms with E-state index in [1.165, 1.54) is 27.3 Å². The summed E-state index contributed by atoms with van der Waals surface area (Å²) in [7, 11) is 0. The molecule has 0 aliphatic rings. The van der Waals surface area contributed by atoms with Gasteiger partial charge in [0.25, 0.3) is 0 Å². The van der Waals surface area contributed by atoms with Crippen molar-refractivity contribution in [3.63, 3.8) is 0 Å². The van der Waals surface area contributed by atoms with Crippen molar-refractivity contribution in [3.05, 3.63) is 47.4 Å². The third-order valence-electron chi connectivity index (χ3n) is 3.56. The highest BCUT2D eigenvalue weighted by molar-refractivity contribution is 6.09. The van der Waals surface area contributed by atoms with Gasteiger partial charge in [-0.3, -0.25) is 0 Å². The number of aryl methyl sites for hydroxylation is 3. The highest BCUT2D eigenvalue weighted by Crippen LogP contribution is 2.31. The first-order valence-electron chi connectivity index (χ1n) is 5.79. The standard InChI is InChI=1S/C15H14N2/c1-9-10(2)14-11(3)16-8-17-15(14)13-7-5-4-6-12(9)13/h4-8H,1-3H3. The molecule has 0 aliphatic carbocycles. The zero-order valence-electron chi connectivity index (χ0n) is 10.3. The highest BCUT2D eigenvalue weighted by atomic mass is 14.8. The van der Waals surface area contributed by atoms with E-state index in [2.05, 4.69) is 48.1 Å². The minimum absolute atomic E-state index is 1.06. The number of nitrogens with zero attached hydrogens (tertiary/aromatic N) is 2. The summed E-state index contributed by atoms with van der Waals surface area (Å²) in [5, 5.41) is 3.70. The van der Waals surface area contributed by atoms with Crippen molar-refractivity contribution in [1.29, 1.82) is 0 Å². The van der Waals surface area contributed by atoms with Gasteiger partial charge in [0.1, 0.15) is 6.33 Å². The van der Waals surface area contributed by atoms with E-state index < -0.39 is 0 Å². The molecule has 3 rings (SSSR count). The molecule has 2 aromatic carbocycles. The quantitative estimate of drug-likeness (QED) is 0.542. The normalized spacial score (nSPS) is 11.2. The highest BCUT2D eigenvalue weighted by Gasteiger charge is 2.10. The maximum atomic E-state index is 4.46. The molecule has 0 spiro atoms. The molecule has 0 N–H and O–H groups in total. The Hall–Kier alpha value is -1.96. The average molecular weight is 222 g/mol. The minimum Gasteiger partial charge on any atom is -0.241 e. The molecular formula is C15H14N2. The molecule has 2 nitrogen and oxygen atoms in total. The fraction of sp³-hybridized carbons (Fsp3) is 0.200. The van der Waals surface area contributed by atoms with Crippen molar-refractivity contribution in [2.45, 2.75) is 20.8 Å². The second-order valence-electron chi connectivity index (χ2n) is 4.48. The molecule has 0 unspecified atom stereocenters. The van der Waals surface area contributed by atoms with Crippen LogP contribution in [0.2, 0.25) is 0 Å². The van der Waals surface area contributed by atoms with E-state index in [1.54, 1.807) is 6.33 Å². The summed E-state index contributed by atoms with van der Waals surface area (Å²) in [6, 6.07) is 8.44. The van der Waals surface area contributed by atoms with Crippen LogP contribution in [0.25, 0.3) is 21.7 Å². The first-order valence-corrected chi connectivity index (χ1v) is 5.79. The summed E-state index contributed by atoms with van der Waals surface area (Å²) in [5.74, 6) is 0. The fourth-order valence-electron chi connectivity index (χ4n) is 2.53. The summed E-state index contributed by atoms with van der Waals surface area (Å²) in [6.07, 6.45) is 1.65. The van der Waals surface area contributed by atoms with E-state index in [0.29, 0.717) is 0 Å². The summed E-state index contributed by atoms with van der Waals surface area (Å²) >= 11 is 0. The number of hydrogen-bond donors (Lipinski definition) is 0. The second kappa shape index (κ2) is 3.52. The first-order chi connectivity index (χ1) is 8.20. The Morgan fingerprint density at radius 1 is 0.824 bits per heavy atom. The molecule has 17 heavy (non-hydrogen) atoms. The van der Waals surface area contributed by atoms with Crippen molar-refractivity contribution < 1.29 is 0 Å². The molecule has 0 radical (unpaired) electrons. The third-order valence-corrected chi connectivity index (χ3v) is 3.56. The van der Waals surface area contributed by atoms with Crippen LogP contribution < -0.4 is 0 Å². The van der Waals surface area contributed by atoms with Crippen LogP contribution in [-0.4, -0.2) is 9.97 Å². The molecule has 0 bridgehead atoms. The maximum absolute atomic E-state index is 4.46. The Morgan fingerprint density at radius 3 is 2.29 bits per heavy atom. The van der Waals surface area contributed by atoms with Crippen LogP contribution in [-0.2, 0) is 0 Å². The van der Waals surface area contributed by atoms with E-state index in [-0.39, 0.29) is 0 Å². The predicted octanol–water partition coefficient (Wildman–Crippen LogP) is 3.71. The van der Waals surface area contributed by atoms with Crippen LogP contribution in [0.5, 0.6) is 0 Å². The number of aromatic nitrogens is 2.